The lowest BCUT2D eigenvalue weighted by molar-refractivity contribution is -0.124. The van der Waals surface area contributed by atoms with Crippen LogP contribution in [0.4, 0.5) is 5.13 Å². The standard InChI is InChI=1S/C22H25N3O4S2/c1-13-12-30-21(23-13)24-22-25(15-7-5-4-6-8-15)20(27)18(31-22)11-14-9-16(28-2)19(26)17(10-14)29-3/h9-12,15,26H,4-8H2,1-3H3/b18-11-,24-22+. The Morgan fingerprint density at radius 2 is 1.87 bits per heavy atom. The van der Waals surface area contributed by atoms with Crippen LogP contribution in [0.15, 0.2) is 27.4 Å². The lowest BCUT2D eigenvalue weighted by Crippen LogP contribution is -2.40. The van der Waals surface area contributed by atoms with Crippen molar-refractivity contribution in [1.29, 1.82) is 0 Å². The Kier molecular flexibility index (Phi) is 6.52. The first-order chi connectivity index (χ1) is 15.0. The van der Waals surface area contributed by atoms with E-state index in [9.17, 15) is 9.90 Å². The average molecular weight is 460 g/mol. The summed E-state index contributed by atoms with van der Waals surface area (Å²) in [4.78, 5) is 25.0. The van der Waals surface area contributed by atoms with Crippen molar-refractivity contribution >= 4 is 45.4 Å². The van der Waals surface area contributed by atoms with Crippen LogP contribution in [0.2, 0.25) is 0 Å². The summed E-state index contributed by atoms with van der Waals surface area (Å²) in [5.74, 6) is 0.466. The van der Waals surface area contributed by atoms with Gasteiger partial charge in [-0.15, -0.1) is 11.3 Å². The van der Waals surface area contributed by atoms with Crippen molar-refractivity contribution in [3.63, 3.8) is 0 Å². The van der Waals surface area contributed by atoms with Gasteiger partial charge in [0.2, 0.25) is 10.9 Å². The van der Waals surface area contributed by atoms with E-state index in [4.69, 9.17) is 14.5 Å². The molecular formula is C22H25N3O4S2. The van der Waals surface area contributed by atoms with Gasteiger partial charge in [0.05, 0.1) is 24.8 Å². The molecule has 1 aliphatic heterocycles. The molecule has 31 heavy (non-hydrogen) atoms. The Labute approximate surface area is 189 Å². The molecule has 9 heteroatoms. The van der Waals surface area contributed by atoms with E-state index in [-0.39, 0.29) is 29.2 Å². The Bertz CT molecular complexity index is 1020. The van der Waals surface area contributed by atoms with Crippen LogP contribution in [0.5, 0.6) is 17.2 Å². The highest BCUT2D eigenvalue weighted by molar-refractivity contribution is 8.18. The van der Waals surface area contributed by atoms with Gasteiger partial charge in [0.25, 0.3) is 5.91 Å². The Balaban J connectivity index is 1.72. The van der Waals surface area contributed by atoms with Gasteiger partial charge in [0.1, 0.15) is 0 Å². The average Bonchev–Trinajstić information content (AvgIpc) is 3.32. The minimum absolute atomic E-state index is 0.0464. The summed E-state index contributed by atoms with van der Waals surface area (Å²) < 4.78 is 10.5. The first kappa shape index (κ1) is 21.7. The predicted molar refractivity (Wildman–Crippen MR) is 124 cm³/mol. The molecule has 1 saturated carbocycles. The molecule has 1 saturated heterocycles. The van der Waals surface area contributed by atoms with Crippen molar-refractivity contribution in [2.24, 2.45) is 4.99 Å². The van der Waals surface area contributed by atoms with Crippen molar-refractivity contribution in [2.45, 2.75) is 45.1 Å². The molecule has 1 amide bonds. The largest absolute Gasteiger partial charge is 0.502 e. The SMILES string of the molecule is COc1cc(/C=C2\S/C(=N/c3nc(C)cs3)N(C3CCCCC3)C2=O)cc(OC)c1O. The molecule has 2 heterocycles. The van der Waals surface area contributed by atoms with E-state index in [1.54, 1.807) is 18.2 Å². The molecule has 0 atom stereocenters. The molecule has 2 aromatic rings. The number of rotatable bonds is 5. The van der Waals surface area contributed by atoms with Crippen LogP contribution >= 0.6 is 23.1 Å². The number of aryl methyl sites for hydroxylation is 1. The molecule has 7 nitrogen and oxygen atoms in total. The highest BCUT2D eigenvalue weighted by atomic mass is 32.2. The fourth-order valence-electron chi connectivity index (χ4n) is 3.85. The number of aromatic hydroxyl groups is 1. The van der Waals surface area contributed by atoms with E-state index in [1.807, 2.05) is 17.2 Å². The van der Waals surface area contributed by atoms with Crippen LogP contribution in [0, 0.1) is 6.92 Å². The number of ether oxygens (including phenoxy) is 2. The summed E-state index contributed by atoms with van der Waals surface area (Å²) in [6, 6.07) is 3.52. The summed E-state index contributed by atoms with van der Waals surface area (Å²) in [5.41, 5.74) is 1.62. The number of methoxy groups -OCH3 is 2. The fourth-order valence-corrected chi connectivity index (χ4v) is 5.61. The number of thioether (sulfide) groups is 1. The molecule has 0 spiro atoms. The topological polar surface area (TPSA) is 84.3 Å². The number of phenols is 1. The third kappa shape index (κ3) is 4.57. The summed E-state index contributed by atoms with van der Waals surface area (Å²) in [6.45, 7) is 1.93. The van der Waals surface area contributed by atoms with Gasteiger partial charge in [-0.2, -0.15) is 4.99 Å². The number of hydrogen-bond acceptors (Lipinski definition) is 8. The number of amides is 1. The molecular weight excluding hydrogens is 434 g/mol. The zero-order valence-electron chi connectivity index (χ0n) is 17.8. The number of carbonyl (C=O) groups excluding carboxylic acids is 1. The smallest absolute Gasteiger partial charge is 0.267 e. The van der Waals surface area contributed by atoms with Crippen LogP contribution in [0.1, 0.15) is 43.4 Å². The van der Waals surface area contributed by atoms with Crippen LogP contribution in [0.25, 0.3) is 6.08 Å². The summed E-state index contributed by atoms with van der Waals surface area (Å²) in [6.07, 6.45) is 7.21. The second kappa shape index (κ2) is 9.32. The normalized spacial score (nSPS) is 20.1. The minimum atomic E-state index is -0.0669. The second-order valence-corrected chi connectivity index (χ2v) is 9.36. The van der Waals surface area contributed by atoms with Crippen LogP contribution in [-0.4, -0.2) is 46.3 Å². The van der Waals surface area contributed by atoms with E-state index in [0.717, 1.165) is 31.4 Å². The minimum Gasteiger partial charge on any atom is -0.502 e. The third-order valence-corrected chi connectivity index (χ3v) is 7.21. The highest BCUT2D eigenvalue weighted by Gasteiger charge is 2.39. The lowest BCUT2D eigenvalue weighted by atomic mass is 9.94. The van der Waals surface area contributed by atoms with Crippen molar-refractivity contribution in [3.05, 3.63) is 33.7 Å². The van der Waals surface area contributed by atoms with Crippen LogP contribution in [0.3, 0.4) is 0 Å². The van der Waals surface area contributed by atoms with Gasteiger partial charge >= 0.3 is 0 Å². The number of hydrogen-bond donors (Lipinski definition) is 1. The number of thiazole rings is 1. The quantitative estimate of drug-likeness (QED) is 0.626. The molecule has 2 fully saturated rings. The second-order valence-electron chi connectivity index (χ2n) is 7.52. The van der Waals surface area contributed by atoms with Crippen molar-refractivity contribution < 1.29 is 19.4 Å². The maximum absolute atomic E-state index is 13.4. The number of nitrogens with zero attached hydrogens (tertiary/aromatic N) is 3. The molecule has 4 rings (SSSR count). The van der Waals surface area contributed by atoms with Gasteiger partial charge < -0.3 is 14.6 Å². The molecule has 0 unspecified atom stereocenters. The van der Waals surface area contributed by atoms with Crippen molar-refractivity contribution in [2.75, 3.05) is 14.2 Å². The van der Waals surface area contributed by atoms with Gasteiger partial charge in [-0.05, 0) is 55.3 Å². The molecule has 0 radical (unpaired) electrons. The van der Waals surface area contributed by atoms with E-state index in [0.29, 0.717) is 20.8 Å². The van der Waals surface area contributed by atoms with E-state index in [1.165, 1.54) is 43.7 Å². The molecule has 1 aliphatic carbocycles. The molecule has 2 aliphatic rings. The highest BCUT2D eigenvalue weighted by Crippen LogP contribution is 2.41. The first-order valence-corrected chi connectivity index (χ1v) is 11.9. The number of benzene rings is 1. The van der Waals surface area contributed by atoms with Gasteiger partial charge in [-0.3, -0.25) is 9.69 Å². The fraction of sp³-hybridized carbons (Fsp3) is 0.409. The maximum Gasteiger partial charge on any atom is 0.267 e. The Morgan fingerprint density at radius 3 is 2.45 bits per heavy atom. The summed E-state index contributed by atoms with van der Waals surface area (Å²) >= 11 is 2.83. The Hall–Kier alpha value is -2.52. The van der Waals surface area contributed by atoms with Gasteiger partial charge in [0, 0.05) is 11.4 Å². The lowest BCUT2D eigenvalue weighted by Gasteiger charge is -2.30. The summed E-state index contributed by atoms with van der Waals surface area (Å²) in [7, 11) is 2.96. The Morgan fingerprint density at radius 1 is 1.19 bits per heavy atom. The van der Waals surface area contributed by atoms with E-state index in [2.05, 4.69) is 4.98 Å². The maximum atomic E-state index is 13.4. The molecule has 164 valence electrons. The van der Waals surface area contributed by atoms with E-state index < -0.39 is 0 Å². The van der Waals surface area contributed by atoms with Crippen LogP contribution < -0.4 is 9.47 Å². The monoisotopic (exact) mass is 459 g/mol. The number of phenolic OH excluding ortho intramolecular Hbond substituents is 1. The zero-order chi connectivity index (χ0) is 22.0. The zero-order valence-corrected chi connectivity index (χ0v) is 19.4. The van der Waals surface area contributed by atoms with Gasteiger partial charge in [-0.25, -0.2) is 4.98 Å². The molecule has 0 bridgehead atoms. The van der Waals surface area contributed by atoms with Gasteiger partial charge in [-0.1, -0.05) is 19.3 Å². The third-order valence-electron chi connectivity index (χ3n) is 5.37. The van der Waals surface area contributed by atoms with Crippen molar-refractivity contribution in [1.82, 2.24) is 9.88 Å². The number of aromatic nitrogens is 1. The number of carbonyl (C=O) groups is 1. The summed E-state index contributed by atoms with van der Waals surface area (Å²) in [5, 5.41) is 13.5. The molecule has 1 aromatic carbocycles. The van der Waals surface area contributed by atoms with E-state index >= 15 is 0 Å². The molecule has 1 aromatic heterocycles. The number of amidine groups is 1. The first-order valence-electron chi connectivity index (χ1n) is 10.2. The predicted octanol–water partition coefficient (Wildman–Crippen LogP) is 5.11. The van der Waals surface area contributed by atoms with Gasteiger partial charge in [0.15, 0.2) is 16.7 Å². The molecule has 1 N–H and O–H groups in total. The van der Waals surface area contributed by atoms with Crippen molar-refractivity contribution in [3.8, 4) is 17.2 Å². The van der Waals surface area contributed by atoms with Crippen LogP contribution in [-0.2, 0) is 4.79 Å². The number of aliphatic imine (C=N–C) groups is 1.